The minimum absolute atomic E-state index is 0.0550. The Labute approximate surface area is 110 Å². The van der Waals surface area contributed by atoms with E-state index < -0.39 is 8.07 Å². The number of fused-ring (bicyclic) bond motifs is 1. The monoisotopic (exact) mass is 263 g/mol. The molecule has 98 valence electrons. The minimum atomic E-state index is -1.09. The number of hydrogen-bond donors (Lipinski definition) is 1. The summed E-state index contributed by atoms with van der Waals surface area (Å²) in [5.41, 5.74) is 3.57. The van der Waals surface area contributed by atoms with Crippen LogP contribution in [0.3, 0.4) is 0 Å². The fourth-order valence-corrected chi connectivity index (χ4v) is 5.08. The molecule has 0 fully saturated rings. The van der Waals surface area contributed by atoms with Gasteiger partial charge in [-0.25, -0.2) is 0 Å². The molecule has 0 aliphatic carbocycles. The zero-order valence-corrected chi connectivity index (χ0v) is 12.6. The van der Waals surface area contributed by atoms with Crippen LogP contribution in [0.5, 0.6) is 5.75 Å². The summed E-state index contributed by atoms with van der Waals surface area (Å²) in [6.07, 6.45) is 1.14. The summed E-state index contributed by atoms with van der Waals surface area (Å²) >= 11 is 0. The normalized spacial score (nSPS) is 16.9. The number of anilines is 1. The van der Waals surface area contributed by atoms with Crippen LogP contribution in [0.2, 0.25) is 19.1 Å². The van der Waals surface area contributed by atoms with Crippen molar-refractivity contribution >= 4 is 19.7 Å². The van der Waals surface area contributed by atoms with Crippen LogP contribution >= 0.6 is 0 Å². The van der Waals surface area contributed by atoms with E-state index in [1.165, 1.54) is 30.1 Å². The molecule has 18 heavy (non-hydrogen) atoms. The largest absolute Gasteiger partial charge is 0.495 e. The molecule has 4 heteroatoms. The van der Waals surface area contributed by atoms with E-state index in [9.17, 15) is 4.79 Å². The maximum absolute atomic E-state index is 11.2. The van der Waals surface area contributed by atoms with Gasteiger partial charge in [-0.15, -0.1) is 0 Å². The second kappa shape index (κ2) is 4.76. The lowest BCUT2D eigenvalue weighted by molar-refractivity contribution is -0.114. The van der Waals surface area contributed by atoms with E-state index in [1.54, 1.807) is 7.11 Å². The van der Waals surface area contributed by atoms with E-state index in [2.05, 4.69) is 30.5 Å². The first-order chi connectivity index (χ1) is 8.41. The molecule has 1 aromatic rings. The van der Waals surface area contributed by atoms with Crippen LogP contribution in [0, 0.1) is 0 Å². The molecule has 1 aromatic carbocycles. The van der Waals surface area contributed by atoms with Crippen LogP contribution in [-0.4, -0.2) is 21.1 Å². The van der Waals surface area contributed by atoms with Crippen LogP contribution in [0.1, 0.15) is 18.1 Å². The van der Waals surface area contributed by atoms with Crippen molar-refractivity contribution in [1.29, 1.82) is 0 Å². The van der Waals surface area contributed by atoms with Crippen molar-refractivity contribution in [2.45, 2.75) is 38.5 Å². The summed E-state index contributed by atoms with van der Waals surface area (Å²) in [5.74, 6) is 0.714. The summed E-state index contributed by atoms with van der Waals surface area (Å²) in [6, 6.07) is 6.72. The highest BCUT2D eigenvalue weighted by Crippen LogP contribution is 2.35. The molecule has 2 rings (SSSR count). The van der Waals surface area contributed by atoms with Gasteiger partial charge in [0.15, 0.2) is 0 Å². The first kappa shape index (κ1) is 13.1. The van der Waals surface area contributed by atoms with Crippen molar-refractivity contribution in [3.8, 4) is 5.75 Å². The molecule has 0 saturated carbocycles. The SMILES string of the molecule is COc1cc2c(cc1NC(C)=O)C[Si](C)(C)CC2. The second-order valence-electron chi connectivity index (χ2n) is 5.84. The average molecular weight is 263 g/mol. The molecular weight excluding hydrogens is 242 g/mol. The Balaban J connectivity index is 2.40. The molecule has 0 radical (unpaired) electrons. The zero-order chi connectivity index (χ0) is 13.3. The Morgan fingerprint density at radius 3 is 2.67 bits per heavy atom. The standard InChI is InChI=1S/C14H21NO2Si/c1-10(16)15-13-7-12-9-18(3,4)6-5-11(12)8-14(13)17-2/h7-8H,5-6,9H2,1-4H3,(H,15,16). The van der Waals surface area contributed by atoms with Crippen LogP contribution in [0.15, 0.2) is 12.1 Å². The Bertz CT molecular complexity index is 483. The third kappa shape index (κ3) is 2.75. The van der Waals surface area contributed by atoms with E-state index in [4.69, 9.17) is 4.74 Å². The highest BCUT2D eigenvalue weighted by atomic mass is 28.3. The van der Waals surface area contributed by atoms with Gasteiger partial charge in [-0.1, -0.05) is 19.1 Å². The Kier molecular flexibility index (Phi) is 3.48. The van der Waals surface area contributed by atoms with E-state index in [0.717, 1.165) is 17.9 Å². The fourth-order valence-electron chi connectivity index (χ4n) is 2.60. The minimum Gasteiger partial charge on any atom is -0.495 e. The van der Waals surface area contributed by atoms with Crippen LogP contribution in [-0.2, 0) is 17.3 Å². The van der Waals surface area contributed by atoms with Gasteiger partial charge in [-0.05, 0) is 35.7 Å². The molecule has 0 bridgehead atoms. The molecule has 0 aromatic heterocycles. The average Bonchev–Trinajstić information content (AvgIpc) is 2.26. The van der Waals surface area contributed by atoms with Crippen molar-refractivity contribution < 1.29 is 9.53 Å². The number of rotatable bonds is 2. The lowest BCUT2D eigenvalue weighted by Gasteiger charge is -2.30. The Hall–Kier alpha value is -1.29. The van der Waals surface area contributed by atoms with E-state index in [0.29, 0.717) is 0 Å². The number of carbonyl (C=O) groups is 1. The number of nitrogens with one attached hydrogen (secondary N) is 1. The van der Waals surface area contributed by atoms with E-state index >= 15 is 0 Å². The fraction of sp³-hybridized carbons (Fsp3) is 0.500. The van der Waals surface area contributed by atoms with Gasteiger partial charge in [-0.3, -0.25) is 4.79 Å². The molecule has 1 heterocycles. The van der Waals surface area contributed by atoms with Gasteiger partial charge in [0, 0.05) is 6.92 Å². The molecular formula is C14H21NO2Si. The molecule has 1 N–H and O–H groups in total. The van der Waals surface area contributed by atoms with Crippen LogP contribution < -0.4 is 10.1 Å². The summed E-state index contributed by atoms with van der Waals surface area (Å²) < 4.78 is 5.36. The van der Waals surface area contributed by atoms with Crippen molar-refractivity contribution in [2.75, 3.05) is 12.4 Å². The van der Waals surface area contributed by atoms with E-state index in [-0.39, 0.29) is 5.91 Å². The Morgan fingerprint density at radius 1 is 1.33 bits per heavy atom. The van der Waals surface area contributed by atoms with Gasteiger partial charge >= 0.3 is 0 Å². The van der Waals surface area contributed by atoms with Crippen LogP contribution in [0.4, 0.5) is 5.69 Å². The van der Waals surface area contributed by atoms with Crippen molar-refractivity contribution in [3.63, 3.8) is 0 Å². The highest BCUT2D eigenvalue weighted by molar-refractivity contribution is 6.77. The van der Waals surface area contributed by atoms with Crippen LogP contribution in [0.25, 0.3) is 0 Å². The van der Waals surface area contributed by atoms with E-state index in [1.807, 2.05) is 0 Å². The molecule has 0 atom stereocenters. The quantitative estimate of drug-likeness (QED) is 0.833. The molecule has 3 nitrogen and oxygen atoms in total. The molecule has 0 unspecified atom stereocenters. The lowest BCUT2D eigenvalue weighted by Crippen LogP contribution is -2.33. The van der Waals surface area contributed by atoms with Gasteiger partial charge in [0.25, 0.3) is 0 Å². The van der Waals surface area contributed by atoms with Gasteiger partial charge < -0.3 is 10.1 Å². The van der Waals surface area contributed by atoms with Gasteiger partial charge in [0.1, 0.15) is 5.75 Å². The van der Waals surface area contributed by atoms with Crippen molar-refractivity contribution in [2.24, 2.45) is 0 Å². The van der Waals surface area contributed by atoms with Gasteiger partial charge in [-0.2, -0.15) is 0 Å². The number of amides is 1. The summed E-state index contributed by atoms with van der Waals surface area (Å²) in [5, 5.41) is 2.85. The molecule has 0 spiro atoms. The molecule has 1 aliphatic heterocycles. The topological polar surface area (TPSA) is 38.3 Å². The third-order valence-electron chi connectivity index (χ3n) is 3.57. The maximum atomic E-state index is 11.2. The number of ether oxygens (including phenoxy) is 1. The predicted molar refractivity (Wildman–Crippen MR) is 77.0 cm³/mol. The highest BCUT2D eigenvalue weighted by Gasteiger charge is 2.28. The first-order valence-corrected chi connectivity index (χ1v) is 9.80. The maximum Gasteiger partial charge on any atom is 0.221 e. The number of benzene rings is 1. The predicted octanol–water partition coefficient (Wildman–Crippen LogP) is 3.00. The van der Waals surface area contributed by atoms with Gasteiger partial charge in [0.2, 0.25) is 5.91 Å². The summed E-state index contributed by atoms with van der Waals surface area (Å²) in [7, 11) is 0.562. The Morgan fingerprint density at radius 2 is 2.06 bits per heavy atom. The summed E-state index contributed by atoms with van der Waals surface area (Å²) in [4.78, 5) is 11.2. The smallest absolute Gasteiger partial charge is 0.221 e. The number of methoxy groups -OCH3 is 1. The third-order valence-corrected chi connectivity index (χ3v) is 6.51. The first-order valence-electron chi connectivity index (χ1n) is 6.39. The zero-order valence-electron chi connectivity index (χ0n) is 11.6. The lowest BCUT2D eigenvalue weighted by atomic mass is 10.0. The molecule has 0 saturated heterocycles. The van der Waals surface area contributed by atoms with Crippen molar-refractivity contribution in [1.82, 2.24) is 0 Å². The molecule has 1 aliphatic rings. The van der Waals surface area contributed by atoms with Crippen molar-refractivity contribution in [3.05, 3.63) is 23.3 Å². The summed E-state index contributed by atoms with van der Waals surface area (Å²) in [6.45, 7) is 6.38. The number of hydrogen-bond acceptors (Lipinski definition) is 2. The second-order valence-corrected chi connectivity index (χ2v) is 11.0. The number of aryl methyl sites for hydroxylation is 1. The molecule has 1 amide bonds. The number of carbonyl (C=O) groups excluding carboxylic acids is 1. The van der Waals surface area contributed by atoms with Gasteiger partial charge in [0.05, 0.1) is 20.9 Å².